The second kappa shape index (κ2) is 5.22. The molecule has 2 aromatic carbocycles. The van der Waals surface area contributed by atoms with Crippen LogP contribution in [0.25, 0.3) is 16.9 Å². The Labute approximate surface area is 123 Å². The van der Waals surface area contributed by atoms with E-state index < -0.39 is 11.7 Å². The van der Waals surface area contributed by atoms with Crippen LogP contribution in [0.5, 0.6) is 0 Å². The molecule has 0 saturated heterocycles. The van der Waals surface area contributed by atoms with Gasteiger partial charge in [-0.15, -0.1) is 0 Å². The summed E-state index contributed by atoms with van der Waals surface area (Å²) in [6.07, 6.45) is -4.39. The first-order valence-corrected chi connectivity index (χ1v) is 6.50. The largest absolute Gasteiger partial charge is 0.416 e. The van der Waals surface area contributed by atoms with E-state index in [0.29, 0.717) is 11.4 Å². The Balaban J connectivity index is 1.99. The van der Waals surface area contributed by atoms with Crippen molar-refractivity contribution in [1.29, 1.82) is 0 Å². The van der Waals surface area contributed by atoms with Gasteiger partial charge in [0.1, 0.15) is 0 Å². The highest BCUT2D eigenvalue weighted by molar-refractivity contribution is 5.58. The molecule has 3 rings (SSSR count). The van der Waals surface area contributed by atoms with Crippen LogP contribution in [0, 0.1) is 0 Å². The highest BCUT2D eigenvalue weighted by Gasteiger charge is 2.30. The second-order valence-corrected chi connectivity index (χ2v) is 4.75. The average molecular weight is 304 g/mol. The van der Waals surface area contributed by atoms with Gasteiger partial charge in [-0.05, 0) is 29.8 Å². The summed E-state index contributed by atoms with van der Waals surface area (Å²) in [6.45, 7) is 0. The van der Waals surface area contributed by atoms with Gasteiger partial charge in [-0.2, -0.15) is 13.2 Å². The van der Waals surface area contributed by atoms with E-state index in [9.17, 15) is 18.0 Å². The standard InChI is InChI=1S/C16H11F3N2O/c17-16(18,19)12-6-8-13(9-7-12)21-15(22)10-14(20-21)11-4-2-1-3-5-11/h1-10,20H. The number of hydrogen-bond acceptors (Lipinski definition) is 1. The van der Waals surface area contributed by atoms with Gasteiger partial charge in [0.15, 0.2) is 0 Å². The maximum atomic E-state index is 12.6. The summed E-state index contributed by atoms with van der Waals surface area (Å²) < 4.78 is 38.9. The van der Waals surface area contributed by atoms with E-state index in [-0.39, 0.29) is 5.56 Å². The summed E-state index contributed by atoms with van der Waals surface area (Å²) in [6, 6.07) is 15.0. The van der Waals surface area contributed by atoms with Crippen LogP contribution in [0.3, 0.4) is 0 Å². The lowest BCUT2D eigenvalue weighted by Gasteiger charge is -2.07. The highest BCUT2D eigenvalue weighted by atomic mass is 19.4. The molecule has 0 amide bonds. The smallest absolute Gasteiger partial charge is 0.290 e. The van der Waals surface area contributed by atoms with E-state index in [4.69, 9.17) is 0 Å². The molecule has 0 aliphatic heterocycles. The predicted molar refractivity (Wildman–Crippen MR) is 76.8 cm³/mol. The second-order valence-electron chi connectivity index (χ2n) is 4.75. The molecular formula is C16H11F3N2O. The molecule has 1 aromatic heterocycles. The molecular weight excluding hydrogens is 293 g/mol. The van der Waals surface area contributed by atoms with Crippen molar-refractivity contribution in [3.8, 4) is 16.9 Å². The number of rotatable bonds is 2. The van der Waals surface area contributed by atoms with Gasteiger partial charge in [0.2, 0.25) is 0 Å². The molecule has 0 radical (unpaired) electrons. The third-order valence-electron chi connectivity index (χ3n) is 3.26. The van der Waals surface area contributed by atoms with E-state index in [2.05, 4.69) is 5.10 Å². The molecule has 3 aromatic rings. The molecule has 6 heteroatoms. The van der Waals surface area contributed by atoms with Gasteiger partial charge in [-0.25, -0.2) is 4.68 Å². The minimum atomic E-state index is -4.39. The number of benzene rings is 2. The van der Waals surface area contributed by atoms with E-state index in [1.807, 2.05) is 30.3 Å². The van der Waals surface area contributed by atoms with Crippen LogP contribution in [-0.4, -0.2) is 9.78 Å². The van der Waals surface area contributed by atoms with E-state index in [1.54, 1.807) is 0 Å². The van der Waals surface area contributed by atoms with Crippen molar-refractivity contribution in [2.24, 2.45) is 0 Å². The molecule has 0 saturated carbocycles. The Bertz CT molecular complexity index is 830. The van der Waals surface area contributed by atoms with Gasteiger partial charge in [0.05, 0.1) is 16.9 Å². The van der Waals surface area contributed by atoms with E-state index in [1.165, 1.54) is 22.9 Å². The van der Waals surface area contributed by atoms with Crippen LogP contribution in [0.2, 0.25) is 0 Å². The minimum absolute atomic E-state index is 0.335. The summed E-state index contributed by atoms with van der Waals surface area (Å²) in [5.41, 5.74) is 0.689. The molecule has 3 nitrogen and oxygen atoms in total. The molecule has 0 atom stereocenters. The van der Waals surface area contributed by atoms with Crippen LogP contribution >= 0.6 is 0 Å². The molecule has 0 unspecified atom stereocenters. The van der Waals surface area contributed by atoms with Crippen molar-refractivity contribution >= 4 is 0 Å². The van der Waals surface area contributed by atoms with Crippen LogP contribution in [0.1, 0.15) is 5.56 Å². The summed E-state index contributed by atoms with van der Waals surface area (Å²) in [4.78, 5) is 12.0. The number of nitrogens with zero attached hydrogens (tertiary/aromatic N) is 1. The zero-order valence-corrected chi connectivity index (χ0v) is 11.3. The minimum Gasteiger partial charge on any atom is -0.290 e. The third-order valence-corrected chi connectivity index (χ3v) is 3.26. The molecule has 22 heavy (non-hydrogen) atoms. The zero-order chi connectivity index (χ0) is 15.7. The Morgan fingerprint density at radius 2 is 1.55 bits per heavy atom. The molecule has 112 valence electrons. The van der Waals surface area contributed by atoms with Gasteiger partial charge in [0.25, 0.3) is 5.56 Å². The SMILES string of the molecule is O=c1cc(-c2ccccc2)[nH]n1-c1ccc(C(F)(F)F)cc1. The predicted octanol–water partition coefficient (Wildman–Crippen LogP) is 3.85. The fraction of sp³-hybridized carbons (Fsp3) is 0.0625. The zero-order valence-electron chi connectivity index (χ0n) is 11.3. The number of aromatic nitrogens is 2. The third kappa shape index (κ3) is 2.67. The van der Waals surface area contributed by atoms with Crippen molar-refractivity contribution in [3.05, 3.63) is 76.6 Å². The summed E-state index contributed by atoms with van der Waals surface area (Å²) in [5, 5.41) is 2.90. The number of aromatic amines is 1. The van der Waals surface area contributed by atoms with Gasteiger partial charge in [-0.3, -0.25) is 9.89 Å². The molecule has 0 bridgehead atoms. The number of nitrogens with one attached hydrogen (secondary N) is 1. The number of H-pyrrole nitrogens is 1. The van der Waals surface area contributed by atoms with Crippen LogP contribution in [-0.2, 0) is 6.18 Å². The monoisotopic (exact) mass is 304 g/mol. The lowest BCUT2D eigenvalue weighted by Crippen LogP contribution is -2.14. The van der Waals surface area contributed by atoms with Gasteiger partial charge < -0.3 is 0 Å². The Morgan fingerprint density at radius 3 is 2.14 bits per heavy atom. The normalized spacial score (nSPS) is 11.6. The van der Waals surface area contributed by atoms with Crippen molar-refractivity contribution in [2.75, 3.05) is 0 Å². The lowest BCUT2D eigenvalue weighted by atomic mass is 10.2. The Hall–Kier alpha value is -2.76. The van der Waals surface area contributed by atoms with Gasteiger partial charge >= 0.3 is 6.18 Å². The van der Waals surface area contributed by atoms with Gasteiger partial charge in [0, 0.05) is 6.07 Å². The van der Waals surface area contributed by atoms with E-state index >= 15 is 0 Å². The maximum Gasteiger partial charge on any atom is 0.416 e. The highest BCUT2D eigenvalue weighted by Crippen LogP contribution is 2.29. The van der Waals surface area contributed by atoms with E-state index in [0.717, 1.165) is 17.7 Å². The fourth-order valence-corrected chi connectivity index (χ4v) is 2.15. The van der Waals surface area contributed by atoms with Crippen molar-refractivity contribution in [3.63, 3.8) is 0 Å². The summed E-state index contributed by atoms with van der Waals surface area (Å²) in [7, 11) is 0. The molecule has 1 heterocycles. The van der Waals surface area contributed by atoms with Gasteiger partial charge in [-0.1, -0.05) is 30.3 Å². The van der Waals surface area contributed by atoms with Crippen LogP contribution in [0.15, 0.2) is 65.5 Å². The topological polar surface area (TPSA) is 37.8 Å². The first-order chi connectivity index (χ1) is 10.4. The number of alkyl halides is 3. The Morgan fingerprint density at radius 1 is 0.909 bits per heavy atom. The molecule has 1 N–H and O–H groups in total. The summed E-state index contributed by atoms with van der Waals surface area (Å²) >= 11 is 0. The van der Waals surface area contributed by atoms with Crippen LogP contribution < -0.4 is 5.56 Å². The average Bonchev–Trinajstić information content (AvgIpc) is 2.89. The fourth-order valence-electron chi connectivity index (χ4n) is 2.15. The number of halogens is 3. The van der Waals surface area contributed by atoms with Crippen molar-refractivity contribution in [1.82, 2.24) is 9.78 Å². The maximum absolute atomic E-state index is 12.6. The van der Waals surface area contributed by atoms with Crippen LogP contribution in [0.4, 0.5) is 13.2 Å². The quantitative estimate of drug-likeness (QED) is 0.767. The van der Waals surface area contributed by atoms with Crippen molar-refractivity contribution < 1.29 is 13.2 Å². The first kappa shape index (κ1) is 14.2. The Kier molecular flexibility index (Phi) is 3.36. The number of hydrogen-bond donors (Lipinski definition) is 1. The molecule has 0 fully saturated rings. The summed E-state index contributed by atoms with van der Waals surface area (Å²) in [5.74, 6) is 0. The van der Waals surface area contributed by atoms with Crippen molar-refractivity contribution in [2.45, 2.75) is 6.18 Å². The first-order valence-electron chi connectivity index (χ1n) is 6.50. The molecule has 0 aliphatic rings. The molecule has 0 spiro atoms. The lowest BCUT2D eigenvalue weighted by molar-refractivity contribution is -0.137. The molecule has 0 aliphatic carbocycles.